The summed E-state index contributed by atoms with van der Waals surface area (Å²) in [5.41, 5.74) is 1.95. The molecule has 1 aliphatic rings. The van der Waals surface area contributed by atoms with Crippen molar-refractivity contribution in [1.29, 1.82) is 0 Å². The summed E-state index contributed by atoms with van der Waals surface area (Å²) in [6.45, 7) is 0. The molecule has 1 aromatic heterocycles. The smallest absolute Gasteiger partial charge is 0.278 e. The average molecular weight is 477 g/mol. The first-order valence-electron chi connectivity index (χ1n) is 5.22. The number of nitrogens with two attached hydrogens (primary N) is 1. The Balaban J connectivity index is 0.000000602. The number of nitrogens with zero attached hydrogens (tertiary/aromatic N) is 2. The van der Waals surface area contributed by atoms with Crippen LogP contribution < -0.4 is 9.85 Å². The van der Waals surface area contributed by atoms with Crippen LogP contribution in [-0.4, -0.2) is 5.21 Å². The zero-order valence-corrected chi connectivity index (χ0v) is 11.9. The minimum absolute atomic E-state index is 0. The summed E-state index contributed by atoms with van der Waals surface area (Å²) in [6, 6.07) is 14.2. The molecule has 0 saturated heterocycles. The Kier molecular flexibility index (Phi) is 2.15. The van der Waals surface area contributed by atoms with Gasteiger partial charge in [-0.05, 0) is 28.0 Å². The number of pyridine rings is 1. The minimum atomic E-state index is 0. The van der Waals surface area contributed by atoms with Crippen LogP contribution in [0.5, 0.6) is 0 Å². The maximum absolute atomic E-state index is 9.77. The van der Waals surface area contributed by atoms with Gasteiger partial charge in [-0.3, -0.25) is 0 Å². The SMILES string of the molecule is ON1c2cccc3c4ccccc4c[n+]1c23.[Es].[NH2-]. The number of fused-ring (bicyclic) bond motifs is 2. The molecule has 3 aromatic rings. The molecule has 2 heterocycles. The number of aromatic nitrogens is 1. The molecule has 3 N–H and O–H groups in total. The van der Waals surface area contributed by atoms with E-state index < -0.39 is 0 Å². The zero-order valence-electron chi connectivity index (χ0n) is 9.34. The van der Waals surface area contributed by atoms with Crippen LogP contribution in [0.1, 0.15) is 0 Å². The van der Waals surface area contributed by atoms with Gasteiger partial charge >= 0.3 is 0 Å². The third-order valence-corrected chi connectivity index (χ3v) is 3.18. The van der Waals surface area contributed by atoms with E-state index in [0.717, 1.165) is 16.6 Å². The van der Waals surface area contributed by atoms with Crippen molar-refractivity contribution in [2.24, 2.45) is 0 Å². The molecule has 0 aliphatic carbocycles. The van der Waals surface area contributed by atoms with Gasteiger partial charge in [0.25, 0.3) is 5.52 Å². The van der Waals surface area contributed by atoms with E-state index in [9.17, 15) is 5.21 Å². The van der Waals surface area contributed by atoms with Gasteiger partial charge in [-0.15, -0.1) is 0 Å². The second-order valence-electron chi connectivity index (χ2n) is 4.02. The number of benzene rings is 2. The molecule has 5 heteroatoms. The molecule has 2 aromatic carbocycles. The standard InChI is InChI=1S/C13H9N2O.Es.H2N/c16-15-12-7-3-6-11-10-5-2-1-4-9(10)8-14(15)13(11)12;;/h1-8,16H;;1H2/q+1;;-1. The van der Waals surface area contributed by atoms with Gasteiger partial charge in [-0.2, -0.15) is 0 Å². The van der Waals surface area contributed by atoms with Gasteiger partial charge in [0, 0.05) is 10.8 Å². The normalized spacial score (nSPS) is 11.7. The molecular formula is C13H11EsN3O. The number of hydrogen-bond acceptors (Lipinski definition) is 2. The van der Waals surface area contributed by atoms with E-state index in [4.69, 9.17) is 0 Å². The molecule has 0 spiro atoms. The summed E-state index contributed by atoms with van der Waals surface area (Å²) in [6.07, 6.45) is 1.95. The van der Waals surface area contributed by atoms with Gasteiger partial charge in [-0.1, -0.05) is 24.3 Å². The largest absolute Gasteiger partial charge is 0.693 e. The molecule has 1 aliphatic heterocycles. The van der Waals surface area contributed by atoms with Crippen LogP contribution >= 0.6 is 0 Å². The van der Waals surface area contributed by atoms with Crippen LogP contribution in [0.25, 0.3) is 27.8 Å². The maximum atomic E-state index is 9.77. The van der Waals surface area contributed by atoms with Crippen LogP contribution in [0.4, 0.5) is 5.69 Å². The van der Waals surface area contributed by atoms with E-state index in [0.29, 0.717) is 0 Å². The molecule has 0 saturated carbocycles. The van der Waals surface area contributed by atoms with E-state index in [1.54, 1.807) is 4.68 Å². The fraction of sp³-hybridized carbons (Fsp3) is 0. The molecule has 18 heavy (non-hydrogen) atoms. The predicted octanol–water partition coefficient (Wildman–Crippen LogP) is 2.97. The Bertz CT molecular complexity index is 745. The average Bonchev–Trinajstić information content (AvgIpc) is 2.37. The van der Waals surface area contributed by atoms with Crippen molar-refractivity contribution in [3.8, 4) is 0 Å². The molecule has 4 rings (SSSR count). The summed E-state index contributed by atoms with van der Waals surface area (Å²) in [4.78, 5) is 0. The second-order valence-corrected chi connectivity index (χ2v) is 4.02. The molecule has 4 nitrogen and oxygen atoms in total. The van der Waals surface area contributed by atoms with E-state index in [2.05, 4.69) is 18.2 Å². The van der Waals surface area contributed by atoms with Crippen molar-refractivity contribution >= 4 is 27.4 Å². The molecule has 1 radical (unpaired) electrons. The van der Waals surface area contributed by atoms with E-state index >= 15 is 0 Å². The van der Waals surface area contributed by atoms with Crippen LogP contribution in [0.3, 0.4) is 0 Å². The Labute approximate surface area is 97.8 Å². The number of para-hydroxylation sites is 1. The van der Waals surface area contributed by atoms with Gasteiger partial charge < -0.3 is 6.15 Å². The van der Waals surface area contributed by atoms with Crippen molar-refractivity contribution in [3.05, 3.63) is 54.8 Å². The fourth-order valence-electron chi connectivity index (χ4n) is 2.42. The molecule has 0 unspecified atom stereocenters. The summed E-state index contributed by atoms with van der Waals surface area (Å²) in [7, 11) is 0. The zero-order chi connectivity index (χ0) is 10.7. The molecule has 95 valence electrons. The van der Waals surface area contributed by atoms with Gasteiger partial charge in [0.15, 0.2) is 0 Å². The number of hydrogen-bond donors (Lipinski definition) is 1. The van der Waals surface area contributed by atoms with Gasteiger partial charge in [0.05, 0.1) is 5.39 Å². The fourth-order valence-corrected chi connectivity index (χ4v) is 2.42. The third kappa shape index (κ3) is 1.03. The van der Waals surface area contributed by atoms with Crippen LogP contribution in [-0.2, 0) is 0 Å². The van der Waals surface area contributed by atoms with Crippen molar-refractivity contribution in [3.63, 3.8) is 0 Å². The Morgan fingerprint density at radius 2 is 1.67 bits per heavy atom. The molecular weight excluding hydrogens is 466 g/mol. The molecule has 0 atom stereocenters. The van der Waals surface area contributed by atoms with Crippen LogP contribution in [0.15, 0.2) is 48.7 Å². The number of rotatable bonds is 0. The molecule has 0 amide bonds. The summed E-state index contributed by atoms with van der Waals surface area (Å²) in [5.74, 6) is 0. The molecule has 0 bridgehead atoms. The van der Waals surface area contributed by atoms with Crippen molar-refractivity contribution in [1.82, 2.24) is 0 Å². The topological polar surface area (TPSA) is 60.8 Å². The molecule has 0 fully saturated rings. The van der Waals surface area contributed by atoms with Crippen LogP contribution in [0.2, 0.25) is 0 Å². The van der Waals surface area contributed by atoms with Gasteiger partial charge in [-0.25, -0.2) is 5.21 Å². The van der Waals surface area contributed by atoms with Crippen LogP contribution in [0, 0.1) is 0 Å². The van der Waals surface area contributed by atoms with Crippen molar-refractivity contribution in [2.75, 3.05) is 5.17 Å². The Morgan fingerprint density at radius 1 is 0.944 bits per heavy atom. The summed E-state index contributed by atoms with van der Waals surface area (Å²) >= 11 is 0. The predicted molar refractivity (Wildman–Crippen MR) is 66.6 cm³/mol. The minimum Gasteiger partial charge on any atom is -0.693 e. The van der Waals surface area contributed by atoms with E-state index in [1.165, 1.54) is 15.9 Å². The Morgan fingerprint density at radius 3 is 2.50 bits per heavy atom. The first-order valence-corrected chi connectivity index (χ1v) is 5.22. The van der Waals surface area contributed by atoms with Crippen molar-refractivity contribution in [2.45, 2.75) is 0 Å². The van der Waals surface area contributed by atoms with Crippen molar-refractivity contribution < 1.29 is 9.88 Å². The second kappa shape index (κ2) is 3.41. The summed E-state index contributed by atoms with van der Waals surface area (Å²) < 4.78 is 1.77. The first kappa shape index (κ1) is 11.3. The Hall–Kier alpha value is -3.17. The maximum Gasteiger partial charge on any atom is 0.278 e. The number of anilines is 1. The monoisotopic (exact) mass is 477 g/mol. The quantitative estimate of drug-likeness (QED) is 0.400. The third-order valence-electron chi connectivity index (χ3n) is 3.18. The van der Waals surface area contributed by atoms with E-state index in [-0.39, 0.29) is 6.15 Å². The first-order chi connectivity index (χ1) is 7.86. The van der Waals surface area contributed by atoms with E-state index in [1.807, 2.05) is 30.5 Å². The van der Waals surface area contributed by atoms with Gasteiger partial charge in [0.2, 0.25) is 11.9 Å². The summed E-state index contributed by atoms with van der Waals surface area (Å²) in [5, 5.41) is 14.5. The van der Waals surface area contributed by atoms with Gasteiger partial charge in [0.1, 0.15) is 0 Å².